The van der Waals surface area contributed by atoms with Crippen molar-refractivity contribution in [3.05, 3.63) is 117 Å². The SMILES string of the molecule is Cc1cc(C)c2cc(C(c3nnnn3C3CCCCC3)N(Cc3ccccc3)Cc3cccnc3)c(=O)[nH]c2c1. The number of hydrogen-bond donors (Lipinski definition) is 1. The third-order valence-electron chi connectivity index (χ3n) is 8.02. The van der Waals surface area contributed by atoms with Crippen LogP contribution in [0.25, 0.3) is 10.9 Å². The maximum absolute atomic E-state index is 13.9. The van der Waals surface area contributed by atoms with Gasteiger partial charge in [-0.1, -0.05) is 61.7 Å². The van der Waals surface area contributed by atoms with Gasteiger partial charge in [-0.3, -0.25) is 14.7 Å². The first kappa shape index (κ1) is 26.1. The largest absolute Gasteiger partial charge is 0.322 e. The standard InChI is InChI=1S/C32H35N7O/c1-22-16-23(2)27-18-28(32(40)34-29(27)17-22)30(31-35-36-37-39(31)26-13-7-4-8-14-26)38(20-24-10-5-3-6-11-24)21-25-12-9-15-33-19-25/h3,5-6,9-12,15-19,26,30H,4,7-8,13-14,20-21H2,1-2H3,(H,34,40). The lowest BCUT2D eigenvalue weighted by Crippen LogP contribution is -2.35. The minimum absolute atomic E-state index is 0.120. The van der Waals surface area contributed by atoms with Gasteiger partial charge >= 0.3 is 0 Å². The van der Waals surface area contributed by atoms with Crippen molar-refractivity contribution in [3.63, 3.8) is 0 Å². The van der Waals surface area contributed by atoms with Crippen LogP contribution in [0.3, 0.4) is 0 Å². The molecular weight excluding hydrogens is 498 g/mol. The lowest BCUT2D eigenvalue weighted by atomic mass is 9.94. The number of hydrogen-bond acceptors (Lipinski definition) is 6. The zero-order chi connectivity index (χ0) is 27.5. The van der Waals surface area contributed by atoms with E-state index in [9.17, 15) is 4.79 Å². The fourth-order valence-corrected chi connectivity index (χ4v) is 6.14. The number of aryl methyl sites for hydroxylation is 2. The molecule has 5 aromatic rings. The van der Waals surface area contributed by atoms with Gasteiger partial charge in [0, 0.05) is 41.9 Å². The van der Waals surface area contributed by atoms with Crippen LogP contribution in [-0.2, 0) is 13.1 Å². The number of tetrazole rings is 1. The maximum Gasteiger partial charge on any atom is 0.253 e. The molecule has 0 aliphatic heterocycles. The highest BCUT2D eigenvalue weighted by Crippen LogP contribution is 2.35. The van der Waals surface area contributed by atoms with Crippen molar-refractivity contribution >= 4 is 10.9 Å². The normalized spacial score (nSPS) is 15.1. The van der Waals surface area contributed by atoms with E-state index in [0.717, 1.165) is 58.8 Å². The van der Waals surface area contributed by atoms with Crippen molar-refractivity contribution in [1.82, 2.24) is 35.1 Å². The molecule has 0 bridgehead atoms. The highest BCUT2D eigenvalue weighted by atomic mass is 16.1. The van der Waals surface area contributed by atoms with Crippen molar-refractivity contribution in [2.75, 3.05) is 0 Å². The molecule has 1 aliphatic rings. The average molecular weight is 534 g/mol. The summed E-state index contributed by atoms with van der Waals surface area (Å²) in [5.74, 6) is 0.710. The number of nitrogens with zero attached hydrogens (tertiary/aromatic N) is 6. The molecule has 6 rings (SSSR count). The molecular formula is C32H35N7O. The first-order valence-electron chi connectivity index (χ1n) is 14.2. The average Bonchev–Trinajstić information content (AvgIpc) is 3.45. The molecule has 204 valence electrons. The number of aromatic amines is 1. The van der Waals surface area contributed by atoms with Crippen LogP contribution in [-0.4, -0.2) is 35.1 Å². The van der Waals surface area contributed by atoms with Crippen molar-refractivity contribution in [2.45, 2.75) is 71.1 Å². The van der Waals surface area contributed by atoms with Crippen LogP contribution in [0.15, 0.2) is 77.9 Å². The lowest BCUT2D eigenvalue weighted by molar-refractivity contribution is 0.186. The quantitative estimate of drug-likeness (QED) is 0.270. The summed E-state index contributed by atoms with van der Waals surface area (Å²) in [7, 11) is 0. The van der Waals surface area contributed by atoms with Gasteiger partial charge in [0.25, 0.3) is 5.56 Å². The van der Waals surface area contributed by atoms with E-state index in [-0.39, 0.29) is 11.6 Å². The fraction of sp³-hybridized carbons (Fsp3) is 0.344. The summed E-state index contributed by atoms with van der Waals surface area (Å²) in [4.78, 5) is 23.8. The van der Waals surface area contributed by atoms with Crippen molar-refractivity contribution in [3.8, 4) is 0 Å². The zero-order valence-corrected chi connectivity index (χ0v) is 23.1. The molecule has 3 aromatic heterocycles. The van der Waals surface area contributed by atoms with Gasteiger partial charge < -0.3 is 4.98 Å². The minimum atomic E-state index is -0.466. The molecule has 0 spiro atoms. The molecule has 1 atom stereocenters. The lowest BCUT2D eigenvalue weighted by Gasteiger charge is -2.32. The predicted octanol–water partition coefficient (Wildman–Crippen LogP) is 5.82. The number of aromatic nitrogens is 6. The zero-order valence-electron chi connectivity index (χ0n) is 23.1. The number of pyridine rings is 2. The van der Waals surface area contributed by atoms with Gasteiger partial charge in [0.15, 0.2) is 5.82 Å². The van der Waals surface area contributed by atoms with Gasteiger partial charge in [-0.05, 0) is 77.6 Å². The van der Waals surface area contributed by atoms with Crippen molar-refractivity contribution in [2.24, 2.45) is 0 Å². The summed E-state index contributed by atoms with van der Waals surface area (Å²) < 4.78 is 2.00. The van der Waals surface area contributed by atoms with E-state index >= 15 is 0 Å². The van der Waals surface area contributed by atoms with E-state index in [0.29, 0.717) is 24.5 Å². The van der Waals surface area contributed by atoms with E-state index in [1.165, 1.54) is 6.42 Å². The Balaban J connectivity index is 1.55. The molecule has 1 N–H and O–H groups in total. The summed E-state index contributed by atoms with van der Waals surface area (Å²) in [6.45, 7) is 5.34. The molecule has 8 heteroatoms. The first-order valence-corrected chi connectivity index (χ1v) is 14.2. The van der Waals surface area contributed by atoms with Gasteiger partial charge in [-0.15, -0.1) is 5.10 Å². The second-order valence-electron chi connectivity index (χ2n) is 11.0. The number of nitrogens with one attached hydrogen (secondary N) is 1. The molecule has 1 fully saturated rings. The van der Waals surface area contributed by atoms with Crippen LogP contribution >= 0.6 is 0 Å². The fourth-order valence-electron chi connectivity index (χ4n) is 6.14. The topological polar surface area (TPSA) is 92.6 Å². The van der Waals surface area contributed by atoms with Crippen LogP contribution in [0.5, 0.6) is 0 Å². The number of fused-ring (bicyclic) bond motifs is 1. The van der Waals surface area contributed by atoms with Gasteiger partial charge in [-0.25, -0.2) is 4.68 Å². The highest BCUT2D eigenvalue weighted by molar-refractivity contribution is 5.83. The van der Waals surface area contributed by atoms with E-state index in [4.69, 9.17) is 0 Å². The smallest absolute Gasteiger partial charge is 0.253 e. The Morgan fingerprint density at radius 3 is 2.52 bits per heavy atom. The Morgan fingerprint density at radius 1 is 0.975 bits per heavy atom. The molecule has 1 saturated carbocycles. The summed E-state index contributed by atoms with van der Waals surface area (Å²) in [6, 6.07) is 20.4. The molecule has 3 heterocycles. The molecule has 40 heavy (non-hydrogen) atoms. The highest BCUT2D eigenvalue weighted by Gasteiger charge is 2.33. The third-order valence-corrected chi connectivity index (χ3v) is 8.02. The monoisotopic (exact) mass is 533 g/mol. The summed E-state index contributed by atoms with van der Waals surface area (Å²) in [6.07, 6.45) is 9.31. The Labute approximate surface area is 234 Å². The summed E-state index contributed by atoms with van der Waals surface area (Å²) >= 11 is 0. The van der Waals surface area contributed by atoms with E-state index in [2.05, 4.69) is 74.6 Å². The van der Waals surface area contributed by atoms with Gasteiger partial charge in [-0.2, -0.15) is 0 Å². The molecule has 8 nitrogen and oxygen atoms in total. The Bertz CT molecular complexity index is 1600. The number of rotatable bonds is 8. The second kappa shape index (κ2) is 11.5. The minimum Gasteiger partial charge on any atom is -0.322 e. The van der Waals surface area contributed by atoms with Crippen LogP contribution < -0.4 is 5.56 Å². The van der Waals surface area contributed by atoms with Crippen molar-refractivity contribution < 1.29 is 0 Å². The van der Waals surface area contributed by atoms with E-state index in [1.54, 1.807) is 6.20 Å². The van der Waals surface area contributed by atoms with Crippen LogP contribution in [0, 0.1) is 13.8 Å². The van der Waals surface area contributed by atoms with Gasteiger partial charge in [0.2, 0.25) is 0 Å². The molecule has 1 aliphatic carbocycles. The summed E-state index contributed by atoms with van der Waals surface area (Å²) in [5.41, 5.74) is 5.82. The predicted molar refractivity (Wildman–Crippen MR) is 156 cm³/mol. The molecule has 2 aromatic carbocycles. The molecule has 1 unspecified atom stereocenters. The van der Waals surface area contributed by atoms with Crippen molar-refractivity contribution in [1.29, 1.82) is 0 Å². The Morgan fingerprint density at radius 2 is 1.75 bits per heavy atom. The van der Waals surface area contributed by atoms with Crippen LogP contribution in [0.2, 0.25) is 0 Å². The van der Waals surface area contributed by atoms with E-state index in [1.807, 2.05) is 41.2 Å². The van der Waals surface area contributed by atoms with Gasteiger partial charge in [0.05, 0.1) is 6.04 Å². The third kappa shape index (κ3) is 5.45. The molecule has 0 saturated heterocycles. The molecule has 0 radical (unpaired) electrons. The summed E-state index contributed by atoms with van der Waals surface area (Å²) in [5, 5.41) is 14.3. The second-order valence-corrected chi connectivity index (χ2v) is 11.0. The van der Waals surface area contributed by atoms with Crippen LogP contribution in [0.4, 0.5) is 0 Å². The first-order chi connectivity index (χ1) is 19.6. The Kier molecular flexibility index (Phi) is 7.51. The van der Waals surface area contributed by atoms with E-state index < -0.39 is 6.04 Å². The van der Waals surface area contributed by atoms with Gasteiger partial charge in [0.1, 0.15) is 6.04 Å². The maximum atomic E-state index is 13.9. The number of benzene rings is 2. The molecule has 0 amide bonds. The number of H-pyrrole nitrogens is 1. The Hall–Kier alpha value is -4.17. The van der Waals surface area contributed by atoms with Crippen LogP contribution in [0.1, 0.15) is 77.8 Å².